The summed E-state index contributed by atoms with van der Waals surface area (Å²) >= 11 is 5.87. The Hall–Kier alpha value is -2.53. The Morgan fingerprint density at radius 2 is 2.09 bits per heavy atom. The van der Waals surface area contributed by atoms with Gasteiger partial charge in [-0.15, -0.1) is 0 Å². The van der Waals surface area contributed by atoms with Gasteiger partial charge < -0.3 is 10.1 Å². The van der Waals surface area contributed by atoms with E-state index in [9.17, 15) is 4.79 Å². The van der Waals surface area contributed by atoms with Gasteiger partial charge in [0.2, 0.25) is 0 Å². The first-order chi connectivity index (χ1) is 11.2. The molecule has 5 nitrogen and oxygen atoms in total. The molecule has 1 aromatic heterocycles. The minimum absolute atomic E-state index is 0.284. The number of halogens is 1. The fourth-order valence-corrected chi connectivity index (χ4v) is 2.33. The third kappa shape index (κ3) is 4.23. The Balaban J connectivity index is 1.56. The van der Waals surface area contributed by atoms with Gasteiger partial charge in [0, 0.05) is 10.7 Å². The molecule has 23 heavy (non-hydrogen) atoms. The van der Waals surface area contributed by atoms with Crippen LogP contribution in [0.25, 0.3) is 0 Å². The number of carbonyl (C=O) groups is 1. The predicted molar refractivity (Wildman–Crippen MR) is 88.1 cm³/mol. The first-order valence-electron chi connectivity index (χ1n) is 7.31. The highest BCUT2D eigenvalue weighted by Gasteiger charge is 2.14. The van der Waals surface area contributed by atoms with Gasteiger partial charge in [0.1, 0.15) is 5.76 Å². The van der Waals surface area contributed by atoms with E-state index >= 15 is 0 Å². The number of hydrogen-bond donors (Lipinski definition) is 2. The molecular weight excluding hydrogens is 314 g/mol. The lowest BCUT2D eigenvalue weighted by Crippen LogP contribution is -2.17. The number of allylic oxidation sites excluding steroid dienone is 2. The van der Waals surface area contributed by atoms with Gasteiger partial charge in [0.05, 0.1) is 6.54 Å². The van der Waals surface area contributed by atoms with Crippen LogP contribution in [-0.4, -0.2) is 22.7 Å². The van der Waals surface area contributed by atoms with Crippen LogP contribution in [-0.2, 0) is 17.6 Å². The van der Waals surface area contributed by atoms with Crippen LogP contribution in [0.15, 0.2) is 54.4 Å². The van der Waals surface area contributed by atoms with E-state index in [4.69, 9.17) is 16.3 Å². The van der Waals surface area contributed by atoms with Crippen LogP contribution in [0.2, 0.25) is 5.02 Å². The van der Waals surface area contributed by atoms with E-state index in [1.54, 1.807) is 24.4 Å². The van der Waals surface area contributed by atoms with Crippen molar-refractivity contribution < 1.29 is 9.53 Å². The molecule has 0 saturated heterocycles. The SMILES string of the molecule is O=C(OC1=CC=CNC1)c1cc(CCc2ccc(Cl)cc2)[nH]n1. The number of nitrogens with zero attached hydrogens (tertiary/aromatic N) is 1. The average molecular weight is 330 g/mol. The van der Waals surface area contributed by atoms with E-state index in [0.717, 1.165) is 23.6 Å². The monoisotopic (exact) mass is 329 g/mol. The molecule has 6 heteroatoms. The number of rotatable bonds is 5. The maximum absolute atomic E-state index is 12.0. The summed E-state index contributed by atoms with van der Waals surface area (Å²) in [5.74, 6) is 0.116. The molecule has 0 radical (unpaired) electrons. The summed E-state index contributed by atoms with van der Waals surface area (Å²) in [5.41, 5.74) is 2.35. The lowest BCUT2D eigenvalue weighted by molar-refractivity contribution is 0.0611. The fraction of sp³-hybridized carbons (Fsp3) is 0.176. The predicted octanol–water partition coefficient (Wildman–Crippen LogP) is 3.01. The van der Waals surface area contributed by atoms with Crippen molar-refractivity contribution in [2.24, 2.45) is 0 Å². The summed E-state index contributed by atoms with van der Waals surface area (Å²) in [6.07, 6.45) is 6.93. The van der Waals surface area contributed by atoms with E-state index in [1.807, 2.05) is 24.3 Å². The number of hydrogen-bond acceptors (Lipinski definition) is 4. The van der Waals surface area contributed by atoms with Crippen molar-refractivity contribution in [2.45, 2.75) is 12.8 Å². The lowest BCUT2D eigenvalue weighted by atomic mass is 10.1. The first-order valence-corrected chi connectivity index (χ1v) is 7.68. The summed E-state index contributed by atoms with van der Waals surface area (Å²) < 4.78 is 5.28. The minimum Gasteiger partial charge on any atom is -0.424 e. The molecule has 118 valence electrons. The third-order valence-electron chi connectivity index (χ3n) is 3.43. The average Bonchev–Trinajstić information content (AvgIpc) is 3.04. The van der Waals surface area contributed by atoms with Crippen molar-refractivity contribution in [2.75, 3.05) is 6.54 Å². The highest BCUT2D eigenvalue weighted by molar-refractivity contribution is 6.30. The zero-order chi connectivity index (χ0) is 16.1. The topological polar surface area (TPSA) is 67.0 Å². The molecule has 1 aromatic carbocycles. The molecular formula is C17H16ClN3O2. The zero-order valence-electron chi connectivity index (χ0n) is 12.4. The number of H-pyrrole nitrogens is 1. The smallest absolute Gasteiger partial charge is 0.363 e. The molecule has 0 fully saturated rings. The van der Waals surface area contributed by atoms with E-state index in [-0.39, 0.29) is 5.69 Å². The number of dihydropyridines is 1. The van der Waals surface area contributed by atoms with E-state index < -0.39 is 5.97 Å². The minimum atomic E-state index is -0.456. The molecule has 2 heterocycles. The van der Waals surface area contributed by atoms with Gasteiger partial charge in [-0.25, -0.2) is 4.79 Å². The molecule has 0 spiro atoms. The summed E-state index contributed by atoms with van der Waals surface area (Å²) in [7, 11) is 0. The number of esters is 1. The van der Waals surface area contributed by atoms with Crippen LogP contribution in [0, 0.1) is 0 Å². The quantitative estimate of drug-likeness (QED) is 0.827. The summed E-state index contributed by atoms with van der Waals surface area (Å²) in [4.78, 5) is 12.0. The number of aromatic nitrogens is 2. The summed E-state index contributed by atoms with van der Waals surface area (Å²) in [6.45, 7) is 0.496. The second kappa shape index (κ2) is 7.15. The molecule has 0 unspecified atom stereocenters. The second-order valence-electron chi connectivity index (χ2n) is 5.17. The highest BCUT2D eigenvalue weighted by Crippen LogP contribution is 2.13. The number of aromatic amines is 1. The van der Waals surface area contributed by atoms with Crippen LogP contribution in [0.1, 0.15) is 21.7 Å². The number of carbonyl (C=O) groups excluding carboxylic acids is 1. The maximum atomic E-state index is 12.0. The van der Waals surface area contributed by atoms with Gasteiger partial charge in [0.25, 0.3) is 0 Å². The molecule has 0 aliphatic carbocycles. The molecule has 0 saturated carbocycles. The Kier molecular flexibility index (Phi) is 4.78. The van der Waals surface area contributed by atoms with Crippen molar-refractivity contribution >= 4 is 17.6 Å². The Bertz CT molecular complexity index is 747. The highest BCUT2D eigenvalue weighted by atomic mass is 35.5. The van der Waals surface area contributed by atoms with Crippen molar-refractivity contribution in [1.29, 1.82) is 0 Å². The van der Waals surface area contributed by atoms with Crippen molar-refractivity contribution in [3.05, 3.63) is 76.4 Å². The summed E-state index contributed by atoms with van der Waals surface area (Å²) in [6, 6.07) is 9.44. The van der Waals surface area contributed by atoms with Gasteiger partial charge in [-0.05, 0) is 55.0 Å². The third-order valence-corrected chi connectivity index (χ3v) is 3.68. The molecule has 0 amide bonds. The number of aryl methyl sites for hydroxylation is 2. The van der Waals surface area contributed by atoms with Crippen LogP contribution in [0.4, 0.5) is 0 Å². The normalized spacial score (nSPS) is 13.3. The van der Waals surface area contributed by atoms with Crippen LogP contribution < -0.4 is 5.32 Å². The van der Waals surface area contributed by atoms with Crippen molar-refractivity contribution in [3.8, 4) is 0 Å². The Labute approximate surface area is 139 Å². The van der Waals surface area contributed by atoms with E-state index in [2.05, 4.69) is 15.5 Å². The molecule has 0 atom stereocenters. The van der Waals surface area contributed by atoms with Gasteiger partial charge >= 0.3 is 5.97 Å². The van der Waals surface area contributed by atoms with Gasteiger partial charge in [-0.1, -0.05) is 23.7 Å². The van der Waals surface area contributed by atoms with Crippen LogP contribution in [0.5, 0.6) is 0 Å². The zero-order valence-corrected chi connectivity index (χ0v) is 13.1. The van der Waals surface area contributed by atoms with Crippen molar-refractivity contribution in [1.82, 2.24) is 15.5 Å². The molecule has 0 bridgehead atoms. The van der Waals surface area contributed by atoms with Gasteiger partial charge in [0.15, 0.2) is 5.69 Å². The largest absolute Gasteiger partial charge is 0.424 e. The molecule has 1 aliphatic heterocycles. The number of nitrogens with one attached hydrogen (secondary N) is 2. The second-order valence-corrected chi connectivity index (χ2v) is 5.60. The molecule has 3 rings (SSSR count). The lowest BCUT2D eigenvalue weighted by Gasteiger charge is -2.09. The molecule has 2 aromatic rings. The van der Waals surface area contributed by atoms with Crippen molar-refractivity contribution in [3.63, 3.8) is 0 Å². The maximum Gasteiger partial charge on any atom is 0.363 e. The van der Waals surface area contributed by atoms with Gasteiger partial charge in [-0.3, -0.25) is 5.10 Å². The van der Waals surface area contributed by atoms with Crippen LogP contribution in [0.3, 0.4) is 0 Å². The Morgan fingerprint density at radius 1 is 1.26 bits per heavy atom. The number of benzene rings is 1. The fourth-order valence-electron chi connectivity index (χ4n) is 2.21. The Morgan fingerprint density at radius 3 is 2.83 bits per heavy atom. The van der Waals surface area contributed by atoms with Gasteiger partial charge in [-0.2, -0.15) is 5.10 Å². The molecule has 2 N–H and O–H groups in total. The standard InChI is InChI=1S/C17H16ClN3O2/c18-13-6-3-12(4-7-13)5-8-14-10-16(21-20-14)17(22)23-15-2-1-9-19-11-15/h1-4,6-7,9-10,19H,5,8,11H2,(H,20,21). The number of ether oxygens (including phenoxy) is 1. The van der Waals surface area contributed by atoms with E-state index in [1.165, 1.54) is 5.56 Å². The molecule has 1 aliphatic rings. The summed E-state index contributed by atoms with van der Waals surface area (Å²) in [5, 5.41) is 10.6. The first kappa shape index (κ1) is 15.4. The van der Waals surface area contributed by atoms with Crippen LogP contribution >= 0.6 is 11.6 Å². The van der Waals surface area contributed by atoms with E-state index in [0.29, 0.717) is 12.3 Å².